The summed E-state index contributed by atoms with van der Waals surface area (Å²) < 4.78 is 0. The van der Waals surface area contributed by atoms with E-state index in [-0.39, 0.29) is 5.91 Å². The fraction of sp³-hybridized carbons (Fsp3) is 0.368. The highest BCUT2D eigenvalue weighted by molar-refractivity contribution is 6.30. The first-order chi connectivity index (χ1) is 13.0. The molecular formula is C19H21ClN6O. The third-order valence-corrected chi connectivity index (χ3v) is 4.97. The van der Waals surface area contributed by atoms with Gasteiger partial charge < -0.3 is 10.2 Å². The monoisotopic (exact) mass is 384 g/mol. The second-order valence-electron chi connectivity index (χ2n) is 6.54. The first kappa shape index (κ1) is 19.1. The van der Waals surface area contributed by atoms with Gasteiger partial charge in [0.1, 0.15) is 11.6 Å². The molecule has 8 heteroatoms. The highest BCUT2D eigenvalue weighted by atomic mass is 35.5. The lowest BCUT2D eigenvalue weighted by Gasteiger charge is -2.35. The molecule has 140 valence electrons. The summed E-state index contributed by atoms with van der Waals surface area (Å²) in [5.74, 6) is 0.570. The van der Waals surface area contributed by atoms with Crippen LogP contribution in [0.2, 0.25) is 5.02 Å². The molecule has 0 radical (unpaired) electrons. The summed E-state index contributed by atoms with van der Waals surface area (Å²) in [5, 5.41) is 21.4. The first-order valence-electron chi connectivity index (χ1n) is 8.74. The SMILES string of the molecule is Cc1nnc(N2CCN(CC(=O)Nc3ccc(Cl)cc3)CC2)c(C#N)c1C. The van der Waals surface area contributed by atoms with E-state index in [1.54, 1.807) is 24.3 Å². The topological polar surface area (TPSA) is 85.2 Å². The number of hydrogen-bond donors (Lipinski definition) is 1. The molecule has 1 amide bonds. The number of carbonyl (C=O) groups excluding carboxylic acids is 1. The molecular weight excluding hydrogens is 364 g/mol. The van der Waals surface area contributed by atoms with E-state index in [2.05, 4.69) is 31.4 Å². The highest BCUT2D eigenvalue weighted by Crippen LogP contribution is 2.22. The lowest BCUT2D eigenvalue weighted by Crippen LogP contribution is -2.49. The minimum absolute atomic E-state index is 0.0607. The van der Waals surface area contributed by atoms with Crippen LogP contribution in [0.15, 0.2) is 24.3 Å². The molecule has 27 heavy (non-hydrogen) atoms. The summed E-state index contributed by atoms with van der Waals surface area (Å²) in [7, 11) is 0. The van der Waals surface area contributed by atoms with Gasteiger partial charge >= 0.3 is 0 Å². The van der Waals surface area contributed by atoms with Crippen molar-refractivity contribution in [2.75, 3.05) is 42.9 Å². The number of piperazine rings is 1. The van der Waals surface area contributed by atoms with Crippen molar-refractivity contribution in [1.82, 2.24) is 15.1 Å². The zero-order valence-electron chi connectivity index (χ0n) is 15.4. The summed E-state index contributed by atoms with van der Waals surface area (Å²) in [6.45, 7) is 6.88. The molecule has 1 N–H and O–H groups in total. The third-order valence-electron chi connectivity index (χ3n) is 4.71. The second-order valence-corrected chi connectivity index (χ2v) is 6.98. The quantitative estimate of drug-likeness (QED) is 0.871. The predicted molar refractivity (Wildman–Crippen MR) is 105 cm³/mol. The lowest BCUT2D eigenvalue weighted by molar-refractivity contribution is -0.117. The zero-order valence-corrected chi connectivity index (χ0v) is 16.1. The van der Waals surface area contributed by atoms with Gasteiger partial charge in [-0.3, -0.25) is 9.69 Å². The van der Waals surface area contributed by atoms with E-state index in [4.69, 9.17) is 11.6 Å². The maximum Gasteiger partial charge on any atom is 0.238 e. The van der Waals surface area contributed by atoms with E-state index in [9.17, 15) is 10.1 Å². The van der Waals surface area contributed by atoms with Crippen molar-refractivity contribution < 1.29 is 4.79 Å². The van der Waals surface area contributed by atoms with Crippen LogP contribution in [-0.2, 0) is 4.79 Å². The molecule has 1 fully saturated rings. The summed E-state index contributed by atoms with van der Waals surface area (Å²) in [6.07, 6.45) is 0. The fourth-order valence-corrected chi connectivity index (χ4v) is 3.13. The molecule has 1 aliphatic heterocycles. The first-order valence-corrected chi connectivity index (χ1v) is 9.12. The van der Waals surface area contributed by atoms with Crippen molar-refractivity contribution >= 4 is 29.0 Å². The smallest absolute Gasteiger partial charge is 0.238 e. The van der Waals surface area contributed by atoms with Crippen LogP contribution in [0.4, 0.5) is 11.5 Å². The van der Waals surface area contributed by atoms with Crippen molar-refractivity contribution in [3.63, 3.8) is 0 Å². The molecule has 2 aromatic rings. The number of benzene rings is 1. The molecule has 1 aromatic carbocycles. The van der Waals surface area contributed by atoms with Crippen LogP contribution in [0.1, 0.15) is 16.8 Å². The van der Waals surface area contributed by atoms with Crippen molar-refractivity contribution in [1.29, 1.82) is 5.26 Å². The molecule has 7 nitrogen and oxygen atoms in total. The summed E-state index contributed by atoms with van der Waals surface area (Å²) in [6, 6.07) is 9.29. The number of nitrogens with one attached hydrogen (secondary N) is 1. The van der Waals surface area contributed by atoms with Crippen LogP contribution in [0.3, 0.4) is 0 Å². The summed E-state index contributed by atoms with van der Waals surface area (Å²) in [4.78, 5) is 16.4. The Balaban J connectivity index is 1.56. The number of aryl methyl sites for hydroxylation is 1. The third kappa shape index (κ3) is 4.54. The van der Waals surface area contributed by atoms with Crippen molar-refractivity contribution in [3.8, 4) is 6.07 Å². The largest absolute Gasteiger partial charge is 0.351 e. The van der Waals surface area contributed by atoms with E-state index in [0.717, 1.165) is 16.9 Å². The molecule has 0 bridgehead atoms. The van der Waals surface area contributed by atoms with E-state index in [0.29, 0.717) is 49.1 Å². The molecule has 1 aromatic heterocycles. The Labute approximate surface area is 163 Å². The standard InChI is InChI=1S/C19H21ClN6O/c1-13-14(2)23-24-19(17(13)11-21)26-9-7-25(8-10-26)12-18(27)22-16-5-3-15(20)4-6-16/h3-6H,7-10,12H2,1-2H3,(H,22,27). The molecule has 0 saturated carbocycles. The Morgan fingerprint density at radius 1 is 1.19 bits per heavy atom. The molecule has 1 aliphatic rings. The zero-order chi connectivity index (χ0) is 19.4. The molecule has 3 rings (SSSR count). The van der Waals surface area contributed by atoms with Gasteiger partial charge in [0.2, 0.25) is 5.91 Å². The molecule has 0 aliphatic carbocycles. The van der Waals surface area contributed by atoms with Gasteiger partial charge in [-0.1, -0.05) is 11.6 Å². The Morgan fingerprint density at radius 2 is 1.85 bits per heavy atom. The Kier molecular flexibility index (Phi) is 5.89. The number of rotatable bonds is 4. The van der Waals surface area contributed by atoms with E-state index >= 15 is 0 Å². The van der Waals surface area contributed by atoms with Crippen LogP contribution in [0, 0.1) is 25.2 Å². The van der Waals surface area contributed by atoms with Crippen LogP contribution in [0.5, 0.6) is 0 Å². The van der Waals surface area contributed by atoms with Crippen LogP contribution in [0.25, 0.3) is 0 Å². The number of amides is 1. The molecule has 0 atom stereocenters. The van der Waals surface area contributed by atoms with Crippen molar-refractivity contribution in [2.24, 2.45) is 0 Å². The number of aromatic nitrogens is 2. The Bertz CT molecular complexity index is 869. The van der Waals surface area contributed by atoms with Gasteiger partial charge in [-0.15, -0.1) is 5.10 Å². The average molecular weight is 385 g/mol. The van der Waals surface area contributed by atoms with Gasteiger partial charge in [-0.05, 0) is 43.7 Å². The lowest BCUT2D eigenvalue weighted by atomic mass is 10.1. The maximum absolute atomic E-state index is 12.2. The van der Waals surface area contributed by atoms with Crippen LogP contribution >= 0.6 is 11.6 Å². The predicted octanol–water partition coefficient (Wildman–Crippen LogP) is 2.38. The fourth-order valence-electron chi connectivity index (χ4n) is 3.01. The maximum atomic E-state index is 12.2. The van der Waals surface area contributed by atoms with Gasteiger partial charge in [-0.2, -0.15) is 10.4 Å². The number of halogens is 1. The van der Waals surface area contributed by atoms with Crippen molar-refractivity contribution in [3.05, 3.63) is 46.1 Å². The summed E-state index contributed by atoms with van der Waals surface area (Å²) in [5.41, 5.74) is 2.95. The van der Waals surface area contributed by atoms with Gasteiger partial charge in [0.15, 0.2) is 5.82 Å². The normalized spacial score (nSPS) is 14.7. The average Bonchev–Trinajstić information content (AvgIpc) is 2.66. The van der Waals surface area contributed by atoms with E-state index in [1.165, 1.54) is 0 Å². The van der Waals surface area contributed by atoms with Crippen LogP contribution < -0.4 is 10.2 Å². The molecule has 0 unspecified atom stereocenters. The number of nitrogens with zero attached hydrogens (tertiary/aromatic N) is 5. The number of nitriles is 1. The van der Waals surface area contributed by atoms with Gasteiger partial charge in [0.25, 0.3) is 0 Å². The number of hydrogen-bond acceptors (Lipinski definition) is 6. The Morgan fingerprint density at radius 3 is 2.48 bits per heavy atom. The number of anilines is 2. The van der Waals surface area contributed by atoms with Gasteiger partial charge in [-0.25, -0.2) is 0 Å². The molecule has 2 heterocycles. The van der Waals surface area contributed by atoms with Crippen molar-refractivity contribution in [2.45, 2.75) is 13.8 Å². The van der Waals surface area contributed by atoms with Gasteiger partial charge in [0, 0.05) is 36.9 Å². The summed E-state index contributed by atoms with van der Waals surface area (Å²) >= 11 is 5.85. The molecule has 1 saturated heterocycles. The van der Waals surface area contributed by atoms with E-state index < -0.39 is 0 Å². The second kappa shape index (κ2) is 8.33. The number of carbonyl (C=O) groups is 1. The minimum atomic E-state index is -0.0607. The molecule has 0 spiro atoms. The van der Waals surface area contributed by atoms with Gasteiger partial charge in [0.05, 0.1) is 12.2 Å². The highest BCUT2D eigenvalue weighted by Gasteiger charge is 2.23. The Hall–Kier alpha value is -2.69. The van der Waals surface area contributed by atoms with Crippen LogP contribution in [-0.4, -0.2) is 53.7 Å². The minimum Gasteiger partial charge on any atom is -0.351 e. The van der Waals surface area contributed by atoms with E-state index in [1.807, 2.05) is 13.8 Å².